The number of likely N-dealkylation sites (tertiary alicyclic amines) is 1. The standard InChI is InChI=1S/C15H22N2O4/c18-13-9-12(10-16-6-3-1-2-4-7-16)17(11-14(13)19)8-5-15(20)21/h9,11,19H,1-8,10H2,(H,20,21). The van der Waals surface area contributed by atoms with Gasteiger partial charge in [-0.05, 0) is 25.9 Å². The number of pyridine rings is 1. The highest BCUT2D eigenvalue weighted by Crippen LogP contribution is 2.14. The molecule has 1 aliphatic heterocycles. The molecule has 1 aromatic heterocycles. The van der Waals surface area contributed by atoms with E-state index in [4.69, 9.17) is 5.11 Å². The van der Waals surface area contributed by atoms with Crippen molar-refractivity contribution in [2.45, 2.75) is 45.2 Å². The summed E-state index contributed by atoms with van der Waals surface area (Å²) in [6.45, 7) is 2.86. The highest BCUT2D eigenvalue weighted by molar-refractivity contribution is 5.66. The van der Waals surface area contributed by atoms with E-state index in [2.05, 4.69) is 4.90 Å². The zero-order valence-electron chi connectivity index (χ0n) is 12.1. The molecule has 0 radical (unpaired) electrons. The molecule has 2 rings (SSSR count). The average Bonchev–Trinajstić information content (AvgIpc) is 2.69. The molecule has 0 bridgehead atoms. The lowest BCUT2D eigenvalue weighted by atomic mass is 10.2. The highest BCUT2D eigenvalue weighted by atomic mass is 16.4. The van der Waals surface area contributed by atoms with Crippen LogP contribution in [-0.4, -0.2) is 38.7 Å². The van der Waals surface area contributed by atoms with Crippen LogP contribution >= 0.6 is 0 Å². The quantitative estimate of drug-likeness (QED) is 0.858. The first-order chi connectivity index (χ1) is 10.1. The van der Waals surface area contributed by atoms with E-state index >= 15 is 0 Å². The molecule has 1 saturated heterocycles. The number of aliphatic carboxylic acids is 1. The Morgan fingerprint density at radius 3 is 2.48 bits per heavy atom. The van der Waals surface area contributed by atoms with Gasteiger partial charge in [-0.15, -0.1) is 0 Å². The lowest BCUT2D eigenvalue weighted by Crippen LogP contribution is -2.27. The number of aromatic nitrogens is 1. The van der Waals surface area contributed by atoms with Gasteiger partial charge in [0.15, 0.2) is 5.75 Å². The topological polar surface area (TPSA) is 82.8 Å². The maximum absolute atomic E-state index is 11.6. The maximum atomic E-state index is 11.6. The zero-order chi connectivity index (χ0) is 15.2. The molecule has 0 aliphatic carbocycles. The first-order valence-electron chi connectivity index (χ1n) is 7.43. The first kappa shape index (κ1) is 15.6. The number of aromatic hydroxyl groups is 1. The summed E-state index contributed by atoms with van der Waals surface area (Å²) >= 11 is 0. The lowest BCUT2D eigenvalue weighted by molar-refractivity contribution is -0.137. The number of carbonyl (C=O) groups is 1. The zero-order valence-corrected chi connectivity index (χ0v) is 12.1. The molecule has 0 spiro atoms. The second-order valence-corrected chi connectivity index (χ2v) is 5.54. The molecule has 116 valence electrons. The Morgan fingerprint density at radius 1 is 1.19 bits per heavy atom. The first-order valence-corrected chi connectivity index (χ1v) is 7.43. The third-order valence-corrected chi connectivity index (χ3v) is 3.85. The van der Waals surface area contributed by atoms with Gasteiger partial charge < -0.3 is 14.8 Å². The van der Waals surface area contributed by atoms with Crippen LogP contribution in [0.2, 0.25) is 0 Å². The van der Waals surface area contributed by atoms with Crippen molar-refractivity contribution in [3.05, 3.63) is 28.2 Å². The van der Waals surface area contributed by atoms with Gasteiger partial charge in [-0.1, -0.05) is 12.8 Å². The summed E-state index contributed by atoms with van der Waals surface area (Å²) in [5, 5.41) is 18.3. The summed E-state index contributed by atoms with van der Waals surface area (Å²) in [5.74, 6) is -1.23. The Balaban J connectivity index is 2.16. The van der Waals surface area contributed by atoms with Gasteiger partial charge in [-0.25, -0.2) is 0 Å². The molecule has 2 heterocycles. The molecule has 0 saturated carbocycles. The van der Waals surface area contributed by atoms with Crippen molar-refractivity contribution in [3.63, 3.8) is 0 Å². The molecule has 1 aliphatic rings. The van der Waals surface area contributed by atoms with Crippen molar-refractivity contribution < 1.29 is 15.0 Å². The third kappa shape index (κ3) is 4.60. The fourth-order valence-electron chi connectivity index (χ4n) is 2.69. The lowest BCUT2D eigenvalue weighted by Gasteiger charge is -2.22. The summed E-state index contributed by atoms with van der Waals surface area (Å²) in [6, 6.07) is 1.42. The smallest absolute Gasteiger partial charge is 0.305 e. The van der Waals surface area contributed by atoms with Crippen LogP contribution in [0.4, 0.5) is 0 Å². The average molecular weight is 294 g/mol. The van der Waals surface area contributed by atoms with E-state index in [0.29, 0.717) is 6.54 Å². The number of carboxylic acids is 1. The second-order valence-electron chi connectivity index (χ2n) is 5.54. The van der Waals surface area contributed by atoms with Crippen molar-refractivity contribution >= 4 is 5.97 Å². The molecule has 0 unspecified atom stereocenters. The van der Waals surface area contributed by atoms with Crippen molar-refractivity contribution in [1.82, 2.24) is 9.47 Å². The fourth-order valence-corrected chi connectivity index (χ4v) is 2.69. The molecule has 0 atom stereocenters. The minimum absolute atomic E-state index is 0.0324. The van der Waals surface area contributed by atoms with E-state index in [1.807, 2.05) is 0 Å². The number of aryl methyl sites for hydroxylation is 1. The van der Waals surface area contributed by atoms with Gasteiger partial charge in [0.05, 0.1) is 12.6 Å². The summed E-state index contributed by atoms with van der Waals surface area (Å²) in [7, 11) is 0. The number of nitrogens with zero attached hydrogens (tertiary/aromatic N) is 2. The fraction of sp³-hybridized carbons (Fsp3) is 0.600. The van der Waals surface area contributed by atoms with Crippen molar-refractivity contribution in [1.29, 1.82) is 0 Å². The summed E-state index contributed by atoms with van der Waals surface area (Å²) in [5.41, 5.74) is 0.354. The second kappa shape index (κ2) is 7.26. The van der Waals surface area contributed by atoms with Crippen LogP contribution in [0.3, 0.4) is 0 Å². The van der Waals surface area contributed by atoms with Gasteiger partial charge in [0, 0.05) is 24.8 Å². The van der Waals surface area contributed by atoms with E-state index in [-0.39, 0.29) is 18.7 Å². The molecular weight excluding hydrogens is 272 g/mol. The van der Waals surface area contributed by atoms with Gasteiger partial charge in [-0.3, -0.25) is 14.5 Å². The Labute approximate surface area is 123 Å². The molecular formula is C15H22N2O4. The normalized spacial score (nSPS) is 16.6. The number of rotatable bonds is 5. The largest absolute Gasteiger partial charge is 0.503 e. The van der Waals surface area contributed by atoms with Gasteiger partial charge in [0.1, 0.15) is 0 Å². The molecule has 0 aromatic carbocycles. The van der Waals surface area contributed by atoms with Gasteiger partial charge in [0.2, 0.25) is 5.43 Å². The summed E-state index contributed by atoms with van der Waals surface area (Å²) < 4.78 is 1.68. The van der Waals surface area contributed by atoms with E-state index < -0.39 is 11.4 Å². The van der Waals surface area contributed by atoms with Crippen LogP contribution in [0.5, 0.6) is 5.75 Å². The van der Waals surface area contributed by atoms with Gasteiger partial charge in [0.25, 0.3) is 0 Å². The van der Waals surface area contributed by atoms with Crippen LogP contribution < -0.4 is 5.43 Å². The Kier molecular flexibility index (Phi) is 5.38. The predicted octanol–water partition coefficient (Wildman–Crippen LogP) is 1.40. The van der Waals surface area contributed by atoms with Crippen LogP contribution in [0.1, 0.15) is 37.8 Å². The molecule has 0 amide bonds. The van der Waals surface area contributed by atoms with Crippen molar-refractivity contribution in [3.8, 4) is 5.75 Å². The van der Waals surface area contributed by atoms with E-state index in [9.17, 15) is 14.7 Å². The minimum Gasteiger partial charge on any atom is -0.503 e. The SMILES string of the molecule is O=C(O)CCn1cc(O)c(=O)cc1CN1CCCCCC1. The molecule has 6 nitrogen and oxygen atoms in total. The number of hydrogen-bond acceptors (Lipinski definition) is 4. The molecule has 2 N–H and O–H groups in total. The van der Waals surface area contributed by atoms with Crippen LogP contribution in [0.25, 0.3) is 0 Å². The number of carboxylic acid groups (broad SMARTS) is 1. The van der Waals surface area contributed by atoms with Gasteiger partial charge >= 0.3 is 5.97 Å². The predicted molar refractivity (Wildman–Crippen MR) is 78.4 cm³/mol. The van der Waals surface area contributed by atoms with Crippen molar-refractivity contribution in [2.75, 3.05) is 13.1 Å². The van der Waals surface area contributed by atoms with Crippen molar-refractivity contribution in [2.24, 2.45) is 0 Å². The maximum Gasteiger partial charge on any atom is 0.305 e. The van der Waals surface area contributed by atoms with Gasteiger partial charge in [-0.2, -0.15) is 0 Å². The molecule has 21 heavy (non-hydrogen) atoms. The Hall–Kier alpha value is -1.82. The Bertz CT molecular complexity index is 545. The Morgan fingerprint density at radius 2 is 1.86 bits per heavy atom. The van der Waals surface area contributed by atoms with E-state index in [1.54, 1.807) is 4.57 Å². The monoisotopic (exact) mass is 294 g/mol. The summed E-state index contributed by atoms with van der Waals surface area (Å²) in [6.07, 6.45) is 6.08. The molecule has 1 fully saturated rings. The van der Waals surface area contributed by atoms with Crippen LogP contribution in [0, 0.1) is 0 Å². The third-order valence-electron chi connectivity index (χ3n) is 3.85. The summed E-state index contributed by atoms with van der Waals surface area (Å²) in [4.78, 5) is 24.7. The molecule has 6 heteroatoms. The number of hydrogen-bond donors (Lipinski definition) is 2. The molecule has 1 aromatic rings. The highest BCUT2D eigenvalue weighted by Gasteiger charge is 2.13. The minimum atomic E-state index is -0.895. The van der Waals surface area contributed by atoms with E-state index in [0.717, 1.165) is 31.6 Å². The van der Waals surface area contributed by atoms with E-state index in [1.165, 1.54) is 25.1 Å². The van der Waals surface area contributed by atoms with Crippen LogP contribution in [0.15, 0.2) is 17.1 Å². The van der Waals surface area contributed by atoms with Crippen LogP contribution in [-0.2, 0) is 17.9 Å².